The molecule has 0 aliphatic carbocycles. The van der Waals surface area contributed by atoms with E-state index in [9.17, 15) is 0 Å². The Morgan fingerprint density at radius 3 is 2.91 bits per heavy atom. The smallest absolute Gasteiger partial charge is 0.182 e. The lowest BCUT2D eigenvalue weighted by Crippen LogP contribution is -3.16. The number of nitrogens with zero attached hydrogens (tertiary/aromatic N) is 2. The van der Waals surface area contributed by atoms with Crippen molar-refractivity contribution in [2.45, 2.75) is 20.4 Å². The van der Waals surface area contributed by atoms with Crippen molar-refractivity contribution in [3.63, 3.8) is 0 Å². The molecule has 1 aromatic heterocycles. The molecule has 1 unspecified atom stereocenters. The molecular formula is C17H21N4S+. The summed E-state index contributed by atoms with van der Waals surface area (Å²) in [6.45, 7) is 6.90. The highest BCUT2D eigenvalue weighted by atomic mass is 32.1. The number of hydrogen-bond acceptors (Lipinski definition) is 2. The van der Waals surface area contributed by atoms with E-state index >= 15 is 0 Å². The van der Waals surface area contributed by atoms with Crippen molar-refractivity contribution in [1.82, 2.24) is 10.3 Å². The summed E-state index contributed by atoms with van der Waals surface area (Å²) in [5.74, 6) is 0. The quantitative estimate of drug-likeness (QED) is 0.839. The summed E-state index contributed by atoms with van der Waals surface area (Å²) < 4.78 is 0. The van der Waals surface area contributed by atoms with Gasteiger partial charge in [-0.15, -0.1) is 0 Å². The van der Waals surface area contributed by atoms with Gasteiger partial charge >= 0.3 is 0 Å². The van der Waals surface area contributed by atoms with E-state index in [1.807, 2.05) is 18.5 Å². The van der Waals surface area contributed by atoms with Gasteiger partial charge in [-0.1, -0.05) is 23.8 Å². The zero-order valence-corrected chi connectivity index (χ0v) is 13.8. The minimum Gasteiger partial charge on any atom is -0.315 e. The fourth-order valence-electron chi connectivity index (χ4n) is 2.86. The molecule has 3 rings (SSSR count). The Balaban J connectivity index is 1.77. The van der Waals surface area contributed by atoms with E-state index in [0.717, 1.165) is 25.0 Å². The zero-order valence-electron chi connectivity index (χ0n) is 13.0. The molecule has 4 nitrogen and oxygen atoms in total. The number of nitrogens with one attached hydrogen (secondary N) is 2. The molecule has 2 N–H and O–H groups in total. The third-order valence-electron chi connectivity index (χ3n) is 3.94. The largest absolute Gasteiger partial charge is 0.315 e. The second-order valence-corrected chi connectivity index (χ2v) is 6.21. The molecule has 0 radical (unpaired) electrons. The minimum atomic E-state index is 0.807. The number of rotatable bonds is 3. The zero-order chi connectivity index (χ0) is 15.5. The molecule has 0 saturated carbocycles. The molecule has 0 bridgehead atoms. The molecule has 1 saturated heterocycles. The fourth-order valence-corrected chi connectivity index (χ4v) is 3.09. The summed E-state index contributed by atoms with van der Waals surface area (Å²) in [5, 5.41) is 4.15. The number of hydrogen-bond donors (Lipinski definition) is 2. The first-order valence-electron chi connectivity index (χ1n) is 7.48. The maximum atomic E-state index is 5.51. The van der Waals surface area contributed by atoms with E-state index in [1.54, 1.807) is 0 Å². The summed E-state index contributed by atoms with van der Waals surface area (Å²) in [7, 11) is 0. The Labute approximate surface area is 136 Å². The molecule has 1 fully saturated rings. The van der Waals surface area contributed by atoms with E-state index in [-0.39, 0.29) is 0 Å². The average Bonchev–Trinajstić information content (AvgIpc) is 2.51. The fraction of sp³-hybridized carbons (Fsp3) is 0.294. The third kappa shape index (κ3) is 3.26. The van der Waals surface area contributed by atoms with Crippen LogP contribution in [0.2, 0.25) is 0 Å². The lowest BCUT2D eigenvalue weighted by molar-refractivity contribution is -0.916. The molecule has 1 aromatic carbocycles. The van der Waals surface area contributed by atoms with Gasteiger partial charge in [0.1, 0.15) is 6.54 Å². The molecule has 22 heavy (non-hydrogen) atoms. The number of aryl methyl sites for hydroxylation is 2. The van der Waals surface area contributed by atoms with Crippen molar-refractivity contribution >= 4 is 23.0 Å². The van der Waals surface area contributed by atoms with Crippen LogP contribution in [-0.2, 0) is 6.54 Å². The molecule has 5 heteroatoms. The highest BCUT2D eigenvalue weighted by molar-refractivity contribution is 7.80. The van der Waals surface area contributed by atoms with Crippen LogP contribution in [0, 0.1) is 13.8 Å². The summed E-state index contributed by atoms with van der Waals surface area (Å²) in [6, 6.07) is 10.6. The van der Waals surface area contributed by atoms with Crippen LogP contribution in [0.5, 0.6) is 0 Å². The highest BCUT2D eigenvalue weighted by Gasteiger charge is 2.25. The van der Waals surface area contributed by atoms with Gasteiger partial charge in [-0.3, -0.25) is 14.8 Å². The molecule has 1 atom stereocenters. The van der Waals surface area contributed by atoms with E-state index in [2.05, 4.69) is 53.3 Å². The van der Waals surface area contributed by atoms with Crippen molar-refractivity contribution in [3.05, 3.63) is 59.4 Å². The molecule has 0 amide bonds. The van der Waals surface area contributed by atoms with Crippen LogP contribution in [0.4, 0.5) is 5.69 Å². The van der Waals surface area contributed by atoms with Gasteiger partial charge < -0.3 is 5.32 Å². The predicted octanol–water partition coefficient (Wildman–Crippen LogP) is 1.39. The van der Waals surface area contributed by atoms with Crippen molar-refractivity contribution in [3.8, 4) is 0 Å². The Morgan fingerprint density at radius 1 is 1.32 bits per heavy atom. The summed E-state index contributed by atoms with van der Waals surface area (Å²) in [5.41, 5.74) is 4.96. The lowest BCUT2D eigenvalue weighted by atomic mass is 10.1. The Morgan fingerprint density at radius 2 is 2.18 bits per heavy atom. The second-order valence-electron chi connectivity index (χ2n) is 5.82. The molecule has 2 aromatic rings. The first-order chi connectivity index (χ1) is 10.6. The van der Waals surface area contributed by atoms with Gasteiger partial charge in [-0.05, 0) is 43.8 Å². The number of aromatic nitrogens is 1. The van der Waals surface area contributed by atoms with Crippen LogP contribution in [0.25, 0.3) is 0 Å². The Kier molecular flexibility index (Phi) is 4.36. The normalized spacial score (nSPS) is 18.2. The van der Waals surface area contributed by atoms with Crippen molar-refractivity contribution in [2.24, 2.45) is 0 Å². The molecule has 1 aliphatic rings. The number of benzene rings is 1. The van der Waals surface area contributed by atoms with Gasteiger partial charge in [-0.2, -0.15) is 0 Å². The van der Waals surface area contributed by atoms with E-state index in [1.165, 1.54) is 27.3 Å². The first kappa shape index (κ1) is 14.9. The van der Waals surface area contributed by atoms with Crippen molar-refractivity contribution in [2.75, 3.05) is 18.2 Å². The van der Waals surface area contributed by atoms with Gasteiger partial charge in [0, 0.05) is 18.0 Å². The van der Waals surface area contributed by atoms with Crippen LogP contribution in [0.15, 0.2) is 42.7 Å². The molecule has 2 heterocycles. The van der Waals surface area contributed by atoms with Gasteiger partial charge in [0.05, 0.1) is 5.69 Å². The van der Waals surface area contributed by atoms with Crippen LogP contribution < -0.4 is 15.1 Å². The average molecular weight is 313 g/mol. The van der Waals surface area contributed by atoms with Crippen molar-refractivity contribution < 1.29 is 4.90 Å². The minimum absolute atomic E-state index is 0.807. The van der Waals surface area contributed by atoms with Gasteiger partial charge in [0.15, 0.2) is 18.4 Å². The van der Waals surface area contributed by atoms with Crippen LogP contribution in [-0.4, -0.2) is 23.4 Å². The number of pyridine rings is 1. The highest BCUT2D eigenvalue weighted by Crippen LogP contribution is 2.21. The molecular weight excluding hydrogens is 292 g/mol. The molecule has 1 aliphatic heterocycles. The van der Waals surface area contributed by atoms with E-state index in [4.69, 9.17) is 12.2 Å². The second kappa shape index (κ2) is 6.42. The number of thiocarbonyl (C=S) groups is 1. The summed E-state index contributed by atoms with van der Waals surface area (Å²) in [6.07, 6.45) is 3.74. The Hall–Kier alpha value is -1.98. The maximum absolute atomic E-state index is 5.51. The molecule has 0 spiro atoms. The van der Waals surface area contributed by atoms with E-state index < -0.39 is 0 Å². The topological polar surface area (TPSA) is 32.6 Å². The summed E-state index contributed by atoms with van der Waals surface area (Å²) >= 11 is 5.51. The Bertz CT molecular complexity index is 672. The van der Waals surface area contributed by atoms with Crippen molar-refractivity contribution in [1.29, 1.82) is 0 Å². The van der Waals surface area contributed by atoms with Gasteiger partial charge in [0.2, 0.25) is 0 Å². The SMILES string of the molecule is Cc1ccc(N2C[NH+](Cc3cccnc3)CNC2=S)c(C)c1. The van der Waals surface area contributed by atoms with E-state index in [0.29, 0.717) is 0 Å². The first-order valence-corrected chi connectivity index (χ1v) is 7.89. The van der Waals surface area contributed by atoms with Gasteiger partial charge in [0.25, 0.3) is 0 Å². The maximum Gasteiger partial charge on any atom is 0.182 e. The van der Waals surface area contributed by atoms with Crippen LogP contribution in [0.1, 0.15) is 16.7 Å². The van der Waals surface area contributed by atoms with Crippen LogP contribution >= 0.6 is 12.2 Å². The number of quaternary nitrogens is 1. The molecule has 114 valence electrons. The summed E-state index contributed by atoms with van der Waals surface area (Å²) in [4.78, 5) is 7.80. The monoisotopic (exact) mass is 313 g/mol. The number of anilines is 1. The van der Waals surface area contributed by atoms with Gasteiger partial charge in [-0.25, -0.2) is 0 Å². The third-order valence-corrected chi connectivity index (χ3v) is 4.30. The predicted molar refractivity (Wildman–Crippen MR) is 92.8 cm³/mol. The lowest BCUT2D eigenvalue weighted by Gasteiger charge is -2.36. The van der Waals surface area contributed by atoms with Crippen LogP contribution in [0.3, 0.4) is 0 Å². The standard InChI is InChI=1S/C17H20N4S/c1-13-5-6-16(14(2)8-13)21-12-20(11-19-17(21)22)10-15-4-3-7-18-9-15/h3-9H,10-12H2,1-2H3,(H,19,22)/p+1.